The molecule has 12 aromatic carbocycles. The summed E-state index contributed by atoms with van der Waals surface area (Å²) >= 11 is 0. The molecule has 506 valence electrons. The van der Waals surface area contributed by atoms with Crippen molar-refractivity contribution < 1.29 is 57.4 Å². The Morgan fingerprint density at radius 3 is 0.505 bits per heavy atom. The monoisotopic (exact) mass is 1420 g/mol. The fourth-order valence-electron chi connectivity index (χ4n) is 12.5. The van der Waals surface area contributed by atoms with E-state index in [0.717, 1.165) is 44.5 Å². The van der Waals surface area contributed by atoms with Gasteiger partial charge in [0.05, 0.1) is 23.3 Å². The Bertz CT molecular complexity index is 5050. The fraction of sp³-hybridized carbons (Fsp3) is 0.0909. The molecule has 2 aliphatic rings. The number of ether oxygens (including phenoxy) is 8. The van der Waals surface area contributed by atoms with Gasteiger partial charge in [0.2, 0.25) is 0 Å². The average Bonchev–Trinajstić information content (AvgIpc) is 1.59. The van der Waals surface area contributed by atoms with Gasteiger partial charge in [0.1, 0.15) is 52.9 Å². The number of fused-ring (bicyclic) bond motifs is 20. The van der Waals surface area contributed by atoms with Crippen molar-refractivity contribution in [1.82, 2.24) is 39.9 Å². The molecule has 3 aromatic heterocycles. The summed E-state index contributed by atoms with van der Waals surface area (Å²) in [7, 11) is 0. The Morgan fingerprint density at radius 1 is 0.190 bits per heavy atom. The molecule has 17 rings (SSSR count). The summed E-state index contributed by atoms with van der Waals surface area (Å²) in [5.74, 6) is 4.76. The van der Waals surface area contributed by atoms with Crippen LogP contribution in [0.3, 0.4) is 0 Å². The van der Waals surface area contributed by atoms with Crippen LogP contribution >= 0.6 is 0 Å². The molecule has 16 nitrogen and oxygen atoms in total. The minimum Gasteiger partial charge on any atom is -0.485 e. The van der Waals surface area contributed by atoms with Crippen LogP contribution in [0.2, 0.25) is 0 Å². The SMILES string of the molecule is [Zn+2].c1ccc(COc2cc3c(cc2OCc2ccccc2)-c2nc-3nc3[n-]c(nc4nc(nc5[n-]c(n2)c2cc(OCc6ccccc6)c(OCc6ccccc6)cc52)-c2cc(OCc5ccccc5)c(OCc5ccccc5)cc2-4)c2cc(OCc4ccccc4)c(OCc4ccccc4)cc32)cc1. The topological polar surface area (TPSA) is 179 Å². The van der Waals surface area contributed by atoms with E-state index in [1.165, 1.54) is 0 Å². The van der Waals surface area contributed by atoms with Crippen molar-refractivity contribution >= 4 is 44.1 Å². The van der Waals surface area contributed by atoms with Gasteiger partial charge < -0.3 is 67.8 Å². The van der Waals surface area contributed by atoms with Gasteiger partial charge in [-0.05, 0) is 115 Å². The van der Waals surface area contributed by atoms with Crippen molar-refractivity contribution in [2.45, 2.75) is 52.9 Å². The largest absolute Gasteiger partial charge is 2.00 e. The molecule has 0 fully saturated rings. The molecule has 8 bridgehead atoms. The van der Waals surface area contributed by atoms with Gasteiger partial charge in [0.25, 0.3) is 0 Å². The van der Waals surface area contributed by atoms with Crippen molar-refractivity contribution in [3.8, 4) is 91.5 Å². The summed E-state index contributed by atoms with van der Waals surface area (Å²) in [6, 6.07) is 95.3. The second-order valence-corrected chi connectivity index (χ2v) is 25.1. The first-order valence-corrected chi connectivity index (χ1v) is 34.3. The molecule has 0 saturated carbocycles. The zero-order valence-electron chi connectivity index (χ0n) is 56.9. The van der Waals surface area contributed by atoms with Crippen LogP contribution in [0.5, 0.6) is 46.0 Å². The average molecular weight is 1430 g/mol. The van der Waals surface area contributed by atoms with Crippen LogP contribution in [-0.4, -0.2) is 29.9 Å². The van der Waals surface area contributed by atoms with E-state index in [-0.39, 0.29) is 118 Å². The van der Waals surface area contributed by atoms with E-state index in [1.807, 2.05) is 291 Å². The van der Waals surface area contributed by atoms with Crippen molar-refractivity contribution in [3.63, 3.8) is 0 Å². The predicted octanol–water partition coefficient (Wildman–Crippen LogP) is 18.8. The van der Waals surface area contributed by atoms with Gasteiger partial charge >= 0.3 is 19.5 Å². The molecule has 5 heterocycles. The van der Waals surface area contributed by atoms with Crippen molar-refractivity contribution in [2.75, 3.05) is 0 Å². The Labute approximate surface area is 617 Å². The van der Waals surface area contributed by atoms with Gasteiger partial charge in [-0.1, -0.05) is 243 Å². The molecule has 0 N–H and O–H groups in total. The molecular formula is C88H64N8O8Zn. The smallest absolute Gasteiger partial charge is 0.485 e. The molecule has 15 aromatic rings. The van der Waals surface area contributed by atoms with Crippen LogP contribution < -0.4 is 47.9 Å². The van der Waals surface area contributed by atoms with Crippen LogP contribution in [0.25, 0.3) is 89.7 Å². The summed E-state index contributed by atoms with van der Waals surface area (Å²) in [5.41, 5.74) is 11.2. The maximum atomic E-state index is 6.79. The summed E-state index contributed by atoms with van der Waals surface area (Å²) in [6.07, 6.45) is 0. The molecule has 0 amide bonds. The normalized spacial score (nSPS) is 11.3. The minimum absolute atomic E-state index is 0. The second-order valence-electron chi connectivity index (χ2n) is 25.1. The minimum atomic E-state index is 0. The van der Waals surface area contributed by atoms with E-state index in [0.29, 0.717) is 89.8 Å². The number of aromatic nitrogens is 8. The molecule has 0 spiro atoms. The van der Waals surface area contributed by atoms with Gasteiger partial charge in [-0.15, -0.1) is 0 Å². The summed E-state index contributed by atoms with van der Waals surface area (Å²) in [6.45, 7) is 1.91. The standard InChI is InChI=1S/C88H64N8O8.Zn/c1-9-25-57(26-10-1)49-97-73-41-65-66(42-74(73)98-50-58-27-11-2-12-28-58)82-89-81(65)93-83-67-43-75(99-51-59-29-13-3-14-30-59)76(100-52-60-31-15-4-16-32-60)44-68(67)85(90-83)95-87-71-47-79(103-55-63-37-21-7-22-38-63)80(104-56-64-39-23-8-24-40-64)48-72(71)88(92-87)96-86-70-46-78(102-54-62-35-19-6-20-36-62)77(45-69(70)84(91-86)94-82)101-53-61-33-17-5-18-34-61;/h1-48H,49-56H2;/q-2;+2. The maximum Gasteiger partial charge on any atom is 2.00 e. The Morgan fingerprint density at radius 2 is 0.343 bits per heavy atom. The molecule has 0 atom stereocenters. The summed E-state index contributed by atoms with van der Waals surface area (Å²) in [4.78, 5) is 43.6. The van der Waals surface area contributed by atoms with Crippen LogP contribution in [0.15, 0.2) is 291 Å². The van der Waals surface area contributed by atoms with Crippen molar-refractivity contribution in [3.05, 3.63) is 336 Å². The van der Waals surface area contributed by atoms with E-state index in [4.69, 9.17) is 77.8 Å². The van der Waals surface area contributed by atoms with E-state index in [9.17, 15) is 0 Å². The Kier molecular flexibility index (Phi) is 19.5. The Balaban J connectivity index is 0.00000847. The maximum absolute atomic E-state index is 6.79. The van der Waals surface area contributed by atoms with Crippen LogP contribution in [0.1, 0.15) is 44.5 Å². The first kappa shape index (κ1) is 66.6. The zero-order valence-corrected chi connectivity index (χ0v) is 59.9. The van der Waals surface area contributed by atoms with E-state index >= 15 is 0 Å². The molecule has 0 unspecified atom stereocenters. The molecular weight excluding hydrogens is 1360 g/mol. The molecule has 17 heteroatoms. The molecule has 105 heavy (non-hydrogen) atoms. The third kappa shape index (κ3) is 15.0. The van der Waals surface area contributed by atoms with Crippen LogP contribution in [-0.2, 0) is 72.3 Å². The molecule has 0 radical (unpaired) electrons. The number of hydrogen-bond donors (Lipinski definition) is 0. The number of nitrogens with zero attached hydrogens (tertiary/aromatic N) is 8. The van der Waals surface area contributed by atoms with Gasteiger partial charge in [-0.25, -0.2) is 9.97 Å². The first-order valence-electron chi connectivity index (χ1n) is 34.3. The quantitative estimate of drug-likeness (QED) is 0.0521. The molecule has 2 aliphatic heterocycles. The number of hydrogen-bond acceptors (Lipinski definition) is 14. The van der Waals surface area contributed by atoms with Gasteiger partial charge in [-0.2, -0.15) is 0 Å². The summed E-state index contributed by atoms with van der Waals surface area (Å²) < 4.78 is 54.3. The molecule has 0 saturated heterocycles. The third-order valence-corrected chi connectivity index (χ3v) is 17.9. The first-order chi connectivity index (χ1) is 51.5. The fourth-order valence-corrected chi connectivity index (χ4v) is 12.5. The predicted molar refractivity (Wildman–Crippen MR) is 400 cm³/mol. The van der Waals surface area contributed by atoms with Crippen LogP contribution in [0.4, 0.5) is 0 Å². The second kappa shape index (κ2) is 30.7. The van der Waals surface area contributed by atoms with E-state index in [2.05, 4.69) is 0 Å². The van der Waals surface area contributed by atoms with Crippen LogP contribution in [0, 0.1) is 0 Å². The van der Waals surface area contributed by atoms with Gasteiger partial charge in [-0.3, -0.25) is 0 Å². The van der Waals surface area contributed by atoms with Crippen molar-refractivity contribution in [1.29, 1.82) is 0 Å². The van der Waals surface area contributed by atoms with E-state index in [1.54, 1.807) is 0 Å². The third-order valence-electron chi connectivity index (χ3n) is 17.9. The Hall–Kier alpha value is -13.0. The number of rotatable bonds is 24. The number of benzene rings is 12. The van der Waals surface area contributed by atoms with E-state index < -0.39 is 0 Å². The van der Waals surface area contributed by atoms with Gasteiger partial charge in [0, 0.05) is 44.8 Å². The summed E-state index contributed by atoms with van der Waals surface area (Å²) in [5, 5.41) is 2.36. The van der Waals surface area contributed by atoms with Crippen molar-refractivity contribution in [2.24, 2.45) is 0 Å². The zero-order chi connectivity index (χ0) is 69.4. The molecule has 0 aliphatic carbocycles. The van der Waals surface area contributed by atoms with Gasteiger partial charge in [0.15, 0.2) is 46.0 Å².